The number of hydrogen-bond acceptors (Lipinski definition) is 4. The van der Waals surface area contributed by atoms with Crippen molar-refractivity contribution in [1.29, 1.82) is 0 Å². The third kappa shape index (κ3) is 4.20. The first-order valence-electron chi connectivity index (χ1n) is 10.8. The molecule has 0 aromatic heterocycles. The van der Waals surface area contributed by atoms with E-state index in [0.29, 0.717) is 34.5 Å². The minimum absolute atomic E-state index is 0.0726. The average molecular weight is 440 g/mol. The maximum atomic E-state index is 12.9. The standard InChI is InChI=1S/C27H24N2O4/c1-4-27(2,3)26(33)29-18-12-10-17(11-13-18)28-25(32)16-9-14-21-22(15-16)24(31)20-8-6-5-7-19(20)23(21)30/h5-15H,4H2,1-3H3,(H,28,32)(H,29,33). The molecule has 0 unspecified atom stereocenters. The summed E-state index contributed by atoms with van der Waals surface area (Å²) in [7, 11) is 0. The summed E-state index contributed by atoms with van der Waals surface area (Å²) >= 11 is 0. The third-order valence-corrected chi connectivity index (χ3v) is 6.09. The first kappa shape index (κ1) is 22.1. The van der Waals surface area contributed by atoms with E-state index in [-0.39, 0.29) is 28.6 Å². The van der Waals surface area contributed by atoms with Crippen LogP contribution in [-0.2, 0) is 4.79 Å². The molecule has 0 spiro atoms. The lowest BCUT2D eigenvalue weighted by molar-refractivity contribution is -0.124. The van der Waals surface area contributed by atoms with Gasteiger partial charge < -0.3 is 10.6 Å². The summed E-state index contributed by atoms with van der Waals surface area (Å²) in [4.78, 5) is 50.7. The van der Waals surface area contributed by atoms with E-state index in [1.165, 1.54) is 18.2 Å². The van der Waals surface area contributed by atoms with Crippen molar-refractivity contribution in [2.24, 2.45) is 5.41 Å². The van der Waals surface area contributed by atoms with Crippen LogP contribution < -0.4 is 10.6 Å². The molecule has 0 heterocycles. The van der Waals surface area contributed by atoms with Gasteiger partial charge in [-0.25, -0.2) is 0 Å². The normalized spacial score (nSPS) is 12.6. The lowest BCUT2D eigenvalue weighted by atomic mass is 9.83. The van der Waals surface area contributed by atoms with Crippen LogP contribution >= 0.6 is 0 Å². The summed E-state index contributed by atoms with van der Waals surface area (Å²) in [6.45, 7) is 5.72. The van der Waals surface area contributed by atoms with Crippen LogP contribution in [0.5, 0.6) is 0 Å². The molecule has 1 aliphatic carbocycles. The van der Waals surface area contributed by atoms with Crippen molar-refractivity contribution in [3.63, 3.8) is 0 Å². The van der Waals surface area contributed by atoms with Crippen LogP contribution in [0.15, 0.2) is 66.7 Å². The highest BCUT2D eigenvalue weighted by Crippen LogP contribution is 2.28. The number of fused-ring (bicyclic) bond motifs is 2. The second-order valence-corrected chi connectivity index (χ2v) is 8.69. The van der Waals surface area contributed by atoms with Crippen LogP contribution in [0.4, 0.5) is 11.4 Å². The Kier molecular flexibility index (Phi) is 5.68. The highest BCUT2D eigenvalue weighted by Gasteiger charge is 2.30. The van der Waals surface area contributed by atoms with Crippen molar-refractivity contribution >= 4 is 34.8 Å². The molecule has 6 nitrogen and oxygen atoms in total. The number of nitrogens with one attached hydrogen (secondary N) is 2. The monoisotopic (exact) mass is 440 g/mol. The number of rotatable bonds is 5. The molecule has 2 amide bonds. The molecule has 4 rings (SSSR count). The van der Waals surface area contributed by atoms with Crippen LogP contribution in [0.1, 0.15) is 69.4 Å². The van der Waals surface area contributed by atoms with E-state index in [1.807, 2.05) is 20.8 Å². The van der Waals surface area contributed by atoms with Gasteiger partial charge in [-0.3, -0.25) is 19.2 Å². The highest BCUT2D eigenvalue weighted by atomic mass is 16.2. The van der Waals surface area contributed by atoms with E-state index >= 15 is 0 Å². The Morgan fingerprint density at radius 2 is 1.24 bits per heavy atom. The number of benzene rings is 3. The number of carbonyl (C=O) groups is 4. The van der Waals surface area contributed by atoms with Gasteiger partial charge in [0.15, 0.2) is 11.6 Å². The van der Waals surface area contributed by atoms with Gasteiger partial charge in [-0.1, -0.05) is 45.0 Å². The van der Waals surface area contributed by atoms with Gasteiger partial charge >= 0.3 is 0 Å². The van der Waals surface area contributed by atoms with Crippen molar-refractivity contribution in [3.8, 4) is 0 Å². The van der Waals surface area contributed by atoms with Crippen molar-refractivity contribution in [1.82, 2.24) is 0 Å². The summed E-state index contributed by atoms with van der Waals surface area (Å²) in [6.07, 6.45) is 0.716. The summed E-state index contributed by atoms with van der Waals surface area (Å²) in [5, 5.41) is 5.66. The average Bonchev–Trinajstić information content (AvgIpc) is 2.83. The Balaban J connectivity index is 1.50. The quantitative estimate of drug-likeness (QED) is 0.452. The van der Waals surface area contributed by atoms with E-state index < -0.39 is 11.3 Å². The number of ketones is 2. The van der Waals surface area contributed by atoms with Gasteiger partial charge in [0.25, 0.3) is 5.91 Å². The van der Waals surface area contributed by atoms with Gasteiger partial charge in [0.1, 0.15) is 0 Å². The van der Waals surface area contributed by atoms with E-state index in [4.69, 9.17) is 0 Å². The maximum absolute atomic E-state index is 12.9. The lowest BCUT2D eigenvalue weighted by Gasteiger charge is -2.21. The third-order valence-electron chi connectivity index (χ3n) is 6.09. The van der Waals surface area contributed by atoms with Gasteiger partial charge in [-0.05, 0) is 48.9 Å². The van der Waals surface area contributed by atoms with Gasteiger partial charge in [-0.2, -0.15) is 0 Å². The molecule has 0 radical (unpaired) electrons. The zero-order valence-electron chi connectivity index (χ0n) is 18.7. The van der Waals surface area contributed by atoms with Crippen molar-refractivity contribution in [2.75, 3.05) is 10.6 Å². The van der Waals surface area contributed by atoms with Gasteiger partial charge in [-0.15, -0.1) is 0 Å². The molecular weight excluding hydrogens is 416 g/mol. The van der Waals surface area contributed by atoms with E-state index in [0.717, 1.165) is 0 Å². The zero-order chi connectivity index (χ0) is 23.8. The Morgan fingerprint density at radius 1 is 0.727 bits per heavy atom. The van der Waals surface area contributed by atoms with Crippen LogP contribution in [0.2, 0.25) is 0 Å². The molecule has 0 aliphatic heterocycles. The molecule has 166 valence electrons. The molecular formula is C27H24N2O4. The minimum Gasteiger partial charge on any atom is -0.326 e. The van der Waals surface area contributed by atoms with E-state index in [1.54, 1.807) is 48.5 Å². The molecule has 3 aromatic rings. The largest absolute Gasteiger partial charge is 0.326 e. The van der Waals surface area contributed by atoms with Crippen LogP contribution in [0.3, 0.4) is 0 Å². The molecule has 0 bridgehead atoms. The molecule has 0 fully saturated rings. The molecule has 3 aromatic carbocycles. The zero-order valence-corrected chi connectivity index (χ0v) is 18.7. The van der Waals surface area contributed by atoms with Crippen molar-refractivity contribution in [3.05, 3.63) is 94.5 Å². The Morgan fingerprint density at radius 3 is 1.82 bits per heavy atom. The molecule has 0 saturated heterocycles. The van der Waals surface area contributed by atoms with Crippen LogP contribution in [-0.4, -0.2) is 23.4 Å². The van der Waals surface area contributed by atoms with Gasteiger partial charge in [0.2, 0.25) is 5.91 Å². The second kappa shape index (κ2) is 8.47. The van der Waals surface area contributed by atoms with E-state index in [9.17, 15) is 19.2 Å². The number of amides is 2. The molecule has 1 aliphatic rings. The Labute approximate surface area is 192 Å². The van der Waals surface area contributed by atoms with E-state index in [2.05, 4.69) is 10.6 Å². The molecule has 33 heavy (non-hydrogen) atoms. The van der Waals surface area contributed by atoms with Gasteiger partial charge in [0.05, 0.1) is 0 Å². The SMILES string of the molecule is CCC(C)(C)C(=O)Nc1ccc(NC(=O)c2ccc3c(c2)C(=O)c2ccccc2C3=O)cc1. The first-order valence-corrected chi connectivity index (χ1v) is 10.8. The molecule has 0 atom stereocenters. The number of carbonyl (C=O) groups excluding carboxylic acids is 4. The van der Waals surface area contributed by atoms with Crippen LogP contribution in [0, 0.1) is 5.41 Å². The number of anilines is 2. The number of hydrogen-bond donors (Lipinski definition) is 2. The molecule has 2 N–H and O–H groups in total. The smallest absolute Gasteiger partial charge is 0.255 e. The predicted molar refractivity (Wildman–Crippen MR) is 127 cm³/mol. The van der Waals surface area contributed by atoms with Crippen molar-refractivity contribution < 1.29 is 19.2 Å². The molecule has 0 saturated carbocycles. The fourth-order valence-corrected chi connectivity index (χ4v) is 3.54. The van der Waals surface area contributed by atoms with Crippen molar-refractivity contribution in [2.45, 2.75) is 27.2 Å². The minimum atomic E-state index is -0.474. The Bertz CT molecular complexity index is 1290. The fourth-order valence-electron chi connectivity index (χ4n) is 3.54. The first-order chi connectivity index (χ1) is 15.7. The molecule has 6 heteroatoms. The summed E-state index contributed by atoms with van der Waals surface area (Å²) in [5.41, 5.74) is 2.22. The summed E-state index contributed by atoms with van der Waals surface area (Å²) in [6, 6.07) is 18.0. The Hall–Kier alpha value is -4.06. The summed E-state index contributed by atoms with van der Waals surface area (Å²) < 4.78 is 0. The highest BCUT2D eigenvalue weighted by molar-refractivity contribution is 6.28. The lowest BCUT2D eigenvalue weighted by Crippen LogP contribution is -2.29. The van der Waals surface area contributed by atoms with Gasteiger partial charge in [0, 0.05) is 44.6 Å². The maximum Gasteiger partial charge on any atom is 0.255 e. The summed E-state index contributed by atoms with van der Waals surface area (Å²) in [5.74, 6) is -0.974. The second-order valence-electron chi connectivity index (χ2n) is 8.69. The van der Waals surface area contributed by atoms with Crippen LogP contribution in [0.25, 0.3) is 0 Å². The predicted octanol–water partition coefficient (Wildman–Crippen LogP) is 5.09. The topological polar surface area (TPSA) is 92.3 Å². The fraction of sp³-hybridized carbons (Fsp3) is 0.185.